The molecular formula is C10H14ClNS. The summed E-state index contributed by atoms with van der Waals surface area (Å²) in [7, 11) is 0. The summed E-state index contributed by atoms with van der Waals surface area (Å²) >= 11 is 7.75. The number of unbranched alkanes of at least 4 members (excludes halogenated alkanes) is 1. The molecule has 0 saturated carbocycles. The number of hydrogen-bond acceptors (Lipinski definition) is 2. The maximum absolute atomic E-state index is 5.84. The smallest absolute Gasteiger partial charge is 0.0517 e. The zero-order chi connectivity index (χ0) is 9.52. The molecule has 72 valence electrons. The Kier molecular flexibility index (Phi) is 5.25. The highest BCUT2D eigenvalue weighted by molar-refractivity contribution is 7.98. The number of hydrogen-bond donors (Lipinski definition) is 0. The van der Waals surface area contributed by atoms with Crippen LogP contribution in [-0.4, -0.2) is 10.7 Å². The fraction of sp³-hybridized carbons (Fsp3) is 0.500. The lowest BCUT2D eigenvalue weighted by molar-refractivity contribution is 0.895. The number of pyridine rings is 1. The third kappa shape index (κ3) is 4.53. The maximum Gasteiger partial charge on any atom is 0.0517 e. The third-order valence-electron chi connectivity index (χ3n) is 1.67. The Labute approximate surface area is 88.9 Å². The van der Waals surface area contributed by atoms with Gasteiger partial charge in [0.1, 0.15) is 0 Å². The first kappa shape index (κ1) is 10.9. The average molecular weight is 216 g/mol. The van der Waals surface area contributed by atoms with Gasteiger partial charge in [0.2, 0.25) is 0 Å². The highest BCUT2D eigenvalue weighted by Gasteiger charge is 1.95. The highest BCUT2D eigenvalue weighted by atomic mass is 35.5. The largest absolute Gasteiger partial charge is 0.260 e. The molecule has 0 atom stereocenters. The summed E-state index contributed by atoms with van der Waals surface area (Å²) in [5.41, 5.74) is 1.08. The normalized spacial score (nSPS) is 10.3. The van der Waals surface area contributed by atoms with Gasteiger partial charge in [-0.2, -0.15) is 11.8 Å². The quantitative estimate of drug-likeness (QED) is 0.694. The molecule has 0 aliphatic carbocycles. The van der Waals surface area contributed by atoms with E-state index in [-0.39, 0.29) is 0 Å². The van der Waals surface area contributed by atoms with Gasteiger partial charge in [-0.15, -0.1) is 0 Å². The van der Waals surface area contributed by atoms with Crippen LogP contribution in [0.15, 0.2) is 18.3 Å². The molecule has 0 spiro atoms. The number of nitrogens with zero attached hydrogens (tertiary/aromatic N) is 1. The zero-order valence-electron chi connectivity index (χ0n) is 7.79. The first-order chi connectivity index (χ1) is 6.33. The third-order valence-corrected chi connectivity index (χ3v) is 2.98. The first-order valence-electron chi connectivity index (χ1n) is 4.51. The lowest BCUT2D eigenvalue weighted by atomic mass is 10.4. The van der Waals surface area contributed by atoms with Gasteiger partial charge in [-0.1, -0.05) is 24.9 Å². The summed E-state index contributed by atoms with van der Waals surface area (Å²) < 4.78 is 0. The molecule has 0 aliphatic rings. The van der Waals surface area contributed by atoms with Gasteiger partial charge in [0.25, 0.3) is 0 Å². The van der Waals surface area contributed by atoms with Crippen LogP contribution < -0.4 is 0 Å². The molecule has 0 amide bonds. The summed E-state index contributed by atoms with van der Waals surface area (Å²) in [5, 5.41) is 0.779. The van der Waals surface area contributed by atoms with Crippen molar-refractivity contribution < 1.29 is 0 Å². The van der Waals surface area contributed by atoms with Gasteiger partial charge >= 0.3 is 0 Å². The minimum absolute atomic E-state index is 0.779. The number of halogens is 1. The second-order valence-electron chi connectivity index (χ2n) is 2.87. The fourth-order valence-electron chi connectivity index (χ4n) is 0.951. The van der Waals surface area contributed by atoms with Crippen LogP contribution in [0.25, 0.3) is 0 Å². The van der Waals surface area contributed by atoms with Crippen molar-refractivity contribution in [2.45, 2.75) is 25.5 Å². The van der Waals surface area contributed by atoms with Gasteiger partial charge in [0.05, 0.1) is 5.69 Å². The van der Waals surface area contributed by atoms with Crippen molar-refractivity contribution in [3.63, 3.8) is 0 Å². The van der Waals surface area contributed by atoms with E-state index in [0.29, 0.717) is 0 Å². The molecule has 0 bridgehead atoms. The molecule has 0 aliphatic heterocycles. The van der Waals surface area contributed by atoms with E-state index in [1.165, 1.54) is 18.6 Å². The van der Waals surface area contributed by atoms with E-state index in [4.69, 9.17) is 11.6 Å². The van der Waals surface area contributed by atoms with Crippen molar-refractivity contribution in [2.75, 3.05) is 5.75 Å². The standard InChI is InChI=1S/C10H14ClNS/c1-2-3-6-13-8-10-7-9(11)4-5-12-10/h4-5,7H,2-3,6,8H2,1H3. The Morgan fingerprint density at radius 2 is 2.38 bits per heavy atom. The van der Waals surface area contributed by atoms with Crippen molar-refractivity contribution in [3.05, 3.63) is 29.0 Å². The molecule has 1 nitrogen and oxygen atoms in total. The van der Waals surface area contributed by atoms with Gasteiger partial charge in [0, 0.05) is 17.0 Å². The summed E-state index contributed by atoms with van der Waals surface area (Å²) in [6, 6.07) is 3.74. The Bertz CT molecular complexity index is 252. The van der Waals surface area contributed by atoms with Gasteiger partial charge in [0.15, 0.2) is 0 Å². The molecule has 0 unspecified atom stereocenters. The van der Waals surface area contributed by atoms with Gasteiger partial charge < -0.3 is 0 Å². The lowest BCUT2D eigenvalue weighted by Crippen LogP contribution is -1.87. The van der Waals surface area contributed by atoms with Crippen molar-refractivity contribution in [1.82, 2.24) is 4.98 Å². The monoisotopic (exact) mass is 215 g/mol. The fourth-order valence-corrected chi connectivity index (χ4v) is 2.14. The van der Waals surface area contributed by atoms with E-state index >= 15 is 0 Å². The molecule has 1 heterocycles. The topological polar surface area (TPSA) is 12.9 Å². The average Bonchev–Trinajstić information content (AvgIpc) is 2.13. The predicted octanol–water partition coefficient (Wildman–Crippen LogP) is 3.77. The van der Waals surface area contributed by atoms with Crippen molar-refractivity contribution >= 4 is 23.4 Å². The molecule has 0 saturated heterocycles. The predicted molar refractivity (Wildman–Crippen MR) is 60.3 cm³/mol. The lowest BCUT2D eigenvalue weighted by Gasteiger charge is -2.00. The van der Waals surface area contributed by atoms with Gasteiger partial charge in [-0.05, 0) is 24.3 Å². The second kappa shape index (κ2) is 6.28. The molecule has 13 heavy (non-hydrogen) atoms. The van der Waals surface area contributed by atoms with Crippen LogP contribution in [0.2, 0.25) is 5.02 Å². The summed E-state index contributed by atoms with van der Waals surface area (Å²) in [4.78, 5) is 4.23. The molecule has 1 aromatic heterocycles. The van der Waals surface area contributed by atoms with E-state index in [1.54, 1.807) is 6.20 Å². The van der Waals surface area contributed by atoms with Crippen LogP contribution in [0.1, 0.15) is 25.5 Å². The molecule has 0 fully saturated rings. The zero-order valence-corrected chi connectivity index (χ0v) is 9.37. The molecule has 0 aromatic carbocycles. The number of rotatable bonds is 5. The summed E-state index contributed by atoms with van der Waals surface area (Å²) in [6.45, 7) is 2.21. The molecule has 0 radical (unpaired) electrons. The van der Waals surface area contributed by atoms with E-state index < -0.39 is 0 Å². The molecule has 1 aromatic rings. The van der Waals surface area contributed by atoms with Crippen molar-refractivity contribution in [1.29, 1.82) is 0 Å². The van der Waals surface area contributed by atoms with Crippen LogP contribution in [0.5, 0.6) is 0 Å². The molecule has 3 heteroatoms. The minimum Gasteiger partial charge on any atom is -0.260 e. The Morgan fingerprint density at radius 3 is 3.08 bits per heavy atom. The van der Waals surface area contributed by atoms with Crippen LogP contribution in [-0.2, 0) is 5.75 Å². The Hall–Kier alpha value is -0.210. The SMILES string of the molecule is CCCCSCc1cc(Cl)ccn1. The van der Waals surface area contributed by atoms with E-state index in [0.717, 1.165) is 16.5 Å². The van der Waals surface area contributed by atoms with E-state index in [1.807, 2.05) is 23.9 Å². The van der Waals surface area contributed by atoms with Gasteiger partial charge in [-0.3, -0.25) is 4.98 Å². The first-order valence-corrected chi connectivity index (χ1v) is 6.04. The summed E-state index contributed by atoms with van der Waals surface area (Å²) in [6.07, 6.45) is 4.30. The number of aromatic nitrogens is 1. The van der Waals surface area contributed by atoms with E-state index in [9.17, 15) is 0 Å². The molecule has 0 N–H and O–H groups in total. The summed E-state index contributed by atoms with van der Waals surface area (Å²) in [5.74, 6) is 2.19. The van der Waals surface area contributed by atoms with Gasteiger partial charge in [-0.25, -0.2) is 0 Å². The van der Waals surface area contributed by atoms with Crippen LogP contribution in [0, 0.1) is 0 Å². The molecular weight excluding hydrogens is 202 g/mol. The van der Waals surface area contributed by atoms with Crippen LogP contribution in [0.3, 0.4) is 0 Å². The number of thioether (sulfide) groups is 1. The maximum atomic E-state index is 5.84. The van der Waals surface area contributed by atoms with Crippen LogP contribution in [0.4, 0.5) is 0 Å². The highest BCUT2D eigenvalue weighted by Crippen LogP contribution is 2.15. The Morgan fingerprint density at radius 1 is 1.54 bits per heavy atom. The molecule has 1 rings (SSSR count). The minimum atomic E-state index is 0.779. The Balaban J connectivity index is 2.28. The van der Waals surface area contributed by atoms with Crippen molar-refractivity contribution in [2.24, 2.45) is 0 Å². The van der Waals surface area contributed by atoms with Crippen LogP contribution >= 0.6 is 23.4 Å². The second-order valence-corrected chi connectivity index (χ2v) is 4.41. The van der Waals surface area contributed by atoms with Crippen molar-refractivity contribution in [3.8, 4) is 0 Å². The van der Waals surface area contributed by atoms with E-state index in [2.05, 4.69) is 11.9 Å².